The van der Waals surface area contributed by atoms with Crippen molar-refractivity contribution in [2.75, 3.05) is 7.11 Å². The molecule has 2 aromatic rings. The number of hydrogen-bond acceptors (Lipinski definition) is 2. The number of aromatic nitrogens is 1. The Kier molecular flexibility index (Phi) is 4.26. The summed E-state index contributed by atoms with van der Waals surface area (Å²) in [5.74, 6) is 0.466. The van der Waals surface area contributed by atoms with E-state index in [4.69, 9.17) is 4.74 Å². The third kappa shape index (κ3) is 2.70. The molecule has 1 aromatic heterocycles. The van der Waals surface area contributed by atoms with Gasteiger partial charge >= 0.3 is 0 Å². The maximum Gasteiger partial charge on any atom is 0.141 e. The van der Waals surface area contributed by atoms with E-state index in [9.17, 15) is 4.39 Å². The van der Waals surface area contributed by atoms with Gasteiger partial charge in [-0.25, -0.2) is 4.39 Å². The molecule has 0 aliphatic rings. The van der Waals surface area contributed by atoms with Crippen molar-refractivity contribution in [2.24, 2.45) is 0 Å². The smallest absolute Gasteiger partial charge is 0.141 e. The molecule has 16 heavy (non-hydrogen) atoms. The monoisotopic (exact) mass is 239 g/mol. The number of nitrogens with zero attached hydrogens (tertiary/aromatic N) is 1. The maximum absolute atomic E-state index is 12.6. The average molecular weight is 240 g/mol. The first-order valence-electron chi connectivity index (χ1n) is 4.55. The van der Waals surface area contributed by atoms with Gasteiger partial charge in [0.25, 0.3) is 0 Å². The van der Waals surface area contributed by atoms with E-state index in [1.54, 1.807) is 13.2 Å². The van der Waals surface area contributed by atoms with Crippen LogP contribution >= 0.6 is 12.4 Å². The standard InChI is InChI=1S/C12H10FNO.ClH/c1-15-11-5-2-9(3-6-11)12-7-4-10(13)8-14-12;/h2-8H,1H3;1H. The number of rotatable bonds is 2. The summed E-state index contributed by atoms with van der Waals surface area (Å²) in [7, 11) is 1.62. The molecule has 84 valence electrons. The van der Waals surface area contributed by atoms with Gasteiger partial charge in [-0.2, -0.15) is 0 Å². The van der Waals surface area contributed by atoms with Crippen molar-refractivity contribution in [1.29, 1.82) is 0 Å². The van der Waals surface area contributed by atoms with Gasteiger partial charge in [0.2, 0.25) is 0 Å². The lowest BCUT2D eigenvalue weighted by atomic mass is 10.1. The zero-order valence-electron chi connectivity index (χ0n) is 8.68. The minimum atomic E-state index is -0.327. The van der Waals surface area contributed by atoms with Crippen LogP contribution in [-0.4, -0.2) is 12.1 Å². The van der Waals surface area contributed by atoms with Gasteiger partial charge in [-0.1, -0.05) is 0 Å². The van der Waals surface area contributed by atoms with E-state index in [0.717, 1.165) is 17.0 Å². The minimum absolute atomic E-state index is 0. The second-order valence-electron chi connectivity index (χ2n) is 3.09. The highest BCUT2D eigenvalue weighted by Gasteiger charge is 1.99. The first kappa shape index (κ1) is 12.5. The lowest BCUT2D eigenvalue weighted by Gasteiger charge is -2.02. The van der Waals surface area contributed by atoms with E-state index in [2.05, 4.69) is 4.98 Å². The van der Waals surface area contributed by atoms with Crippen LogP contribution in [0.25, 0.3) is 11.3 Å². The molecule has 1 heterocycles. The highest BCUT2D eigenvalue weighted by Crippen LogP contribution is 2.20. The van der Waals surface area contributed by atoms with Crippen LogP contribution in [0.15, 0.2) is 42.6 Å². The molecule has 0 atom stereocenters. The molecular formula is C12H11ClFNO. The van der Waals surface area contributed by atoms with Crippen molar-refractivity contribution in [3.05, 3.63) is 48.4 Å². The summed E-state index contributed by atoms with van der Waals surface area (Å²) in [5.41, 5.74) is 1.69. The van der Waals surface area contributed by atoms with Crippen LogP contribution in [-0.2, 0) is 0 Å². The van der Waals surface area contributed by atoms with Crippen molar-refractivity contribution >= 4 is 12.4 Å². The topological polar surface area (TPSA) is 22.1 Å². The van der Waals surface area contributed by atoms with Crippen molar-refractivity contribution < 1.29 is 9.13 Å². The predicted molar refractivity (Wildman–Crippen MR) is 63.4 cm³/mol. The highest BCUT2D eigenvalue weighted by molar-refractivity contribution is 5.85. The molecule has 0 aliphatic carbocycles. The lowest BCUT2D eigenvalue weighted by Crippen LogP contribution is -1.85. The van der Waals surface area contributed by atoms with Gasteiger partial charge in [-0.15, -0.1) is 12.4 Å². The summed E-state index contributed by atoms with van der Waals surface area (Å²) in [6.07, 6.45) is 1.21. The maximum atomic E-state index is 12.6. The summed E-state index contributed by atoms with van der Waals surface area (Å²) < 4.78 is 17.7. The third-order valence-corrected chi connectivity index (χ3v) is 2.11. The van der Waals surface area contributed by atoms with Crippen LogP contribution in [0.3, 0.4) is 0 Å². The third-order valence-electron chi connectivity index (χ3n) is 2.11. The predicted octanol–water partition coefficient (Wildman–Crippen LogP) is 3.32. The van der Waals surface area contributed by atoms with Crippen molar-refractivity contribution in [2.45, 2.75) is 0 Å². The molecule has 2 rings (SSSR count). The minimum Gasteiger partial charge on any atom is -0.497 e. The Labute approximate surface area is 99.5 Å². The molecule has 1 aromatic carbocycles. The Morgan fingerprint density at radius 1 is 1.06 bits per heavy atom. The SMILES string of the molecule is COc1ccc(-c2ccc(F)cn2)cc1.Cl. The Hall–Kier alpha value is -1.61. The fraction of sp³-hybridized carbons (Fsp3) is 0.0833. The van der Waals surface area contributed by atoms with Gasteiger partial charge in [-0.05, 0) is 36.4 Å². The van der Waals surface area contributed by atoms with E-state index in [-0.39, 0.29) is 18.2 Å². The molecule has 0 spiro atoms. The van der Waals surface area contributed by atoms with Gasteiger partial charge in [0.05, 0.1) is 19.0 Å². The van der Waals surface area contributed by atoms with Gasteiger partial charge in [0, 0.05) is 5.56 Å². The van der Waals surface area contributed by atoms with E-state index in [0.29, 0.717) is 0 Å². The Bertz CT molecular complexity index is 442. The normalized spacial score (nSPS) is 9.38. The fourth-order valence-electron chi connectivity index (χ4n) is 1.31. The summed E-state index contributed by atoms with van der Waals surface area (Å²) in [6, 6.07) is 10.5. The molecule has 2 nitrogen and oxygen atoms in total. The largest absolute Gasteiger partial charge is 0.497 e. The van der Waals surface area contributed by atoms with Gasteiger partial charge < -0.3 is 4.74 Å². The number of ether oxygens (including phenoxy) is 1. The number of hydrogen-bond donors (Lipinski definition) is 0. The van der Waals surface area contributed by atoms with Gasteiger partial charge in [-0.3, -0.25) is 4.98 Å². The lowest BCUT2D eigenvalue weighted by molar-refractivity contribution is 0.415. The molecule has 0 N–H and O–H groups in total. The second kappa shape index (κ2) is 5.47. The van der Waals surface area contributed by atoms with Crippen LogP contribution in [0.5, 0.6) is 5.75 Å². The number of benzene rings is 1. The molecule has 0 saturated carbocycles. The summed E-state index contributed by atoms with van der Waals surface area (Å²) in [5, 5.41) is 0. The summed E-state index contributed by atoms with van der Waals surface area (Å²) in [4.78, 5) is 3.99. The van der Waals surface area contributed by atoms with Crippen molar-refractivity contribution in [3.8, 4) is 17.0 Å². The summed E-state index contributed by atoms with van der Waals surface area (Å²) in [6.45, 7) is 0. The quantitative estimate of drug-likeness (QED) is 0.802. The van der Waals surface area contributed by atoms with Crippen LogP contribution in [0, 0.1) is 5.82 Å². The van der Waals surface area contributed by atoms with E-state index >= 15 is 0 Å². The highest BCUT2D eigenvalue weighted by atomic mass is 35.5. The zero-order valence-corrected chi connectivity index (χ0v) is 9.50. The number of pyridine rings is 1. The number of halogens is 2. The molecule has 0 bridgehead atoms. The summed E-state index contributed by atoms with van der Waals surface area (Å²) >= 11 is 0. The Morgan fingerprint density at radius 2 is 1.75 bits per heavy atom. The van der Waals surface area contributed by atoms with E-state index < -0.39 is 0 Å². The van der Waals surface area contributed by atoms with Crippen LogP contribution in [0.2, 0.25) is 0 Å². The molecule has 0 fully saturated rings. The molecule has 0 amide bonds. The number of methoxy groups -OCH3 is 1. The Morgan fingerprint density at radius 3 is 2.25 bits per heavy atom. The molecular weight excluding hydrogens is 229 g/mol. The second-order valence-corrected chi connectivity index (χ2v) is 3.09. The van der Waals surface area contributed by atoms with Crippen LogP contribution in [0.1, 0.15) is 0 Å². The van der Waals surface area contributed by atoms with E-state index in [1.807, 2.05) is 24.3 Å². The molecule has 0 unspecified atom stereocenters. The van der Waals surface area contributed by atoms with Crippen molar-refractivity contribution in [3.63, 3.8) is 0 Å². The zero-order chi connectivity index (χ0) is 10.7. The first-order chi connectivity index (χ1) is 7.29. The van der Waals surface area contributed by atoms with Crippen molar-refractivity contribution in [1.82, 2.24) is 4.98 Å². The van der Waals surface area contributed by atoms with Crippen LogP contribution < -0.4 is 4.74 Å². The van der Waals surface area contributed by atoms with Crippen LogP contribution in [0.4, 0.5) is 4.39 Å². The fourth-order valence-corrected chi connectivity index (χ4v) is 1.31. The van der Waals surface area contributed by atoms with Gasteiger partial charge in [0.1, 0.15) is 11.6 Å². The Balaban J connectivity index is 0.00000128. The molecule has 0 radical (unpaired) electrons. The van der Waals surface area contributed by atoms with Gasteiger partial charge in [0.15, 0.2) is 0 Å². The molecule has 4 heteroatoms. The molecule has 0 saturated heterocycles. The van der Waals surface area contributed by atoms with E-state index in [1.165, 1.54) is 12.3 Å². The molecule has 0 aliphatic heterocycles. The average Bonchev–Trinajstić information content (AvgIpc) is 2.30. The first-order valence-corrected chi connectivity index (χ1v) is 4.55.